The maximum absolute atomic E-state index is 12.0. The average Bonchev–Trinajstić information content (AvgIpc) is 2.46. The number of aliphatic hydroxyl groups is 1. The van der Waals surface area contributed by atoms with Gasteiger partial charge in [-0.05, 0) is 24.6 Å². The van der Waals surface area contributed by atoms with Crippen molar-refractivity contribution in [1.29, 1.82) is 0 Å². The van der Waals surface area contributed by atoms with Crippen molar-refractivity contribution >= 4 is 17.5 Å². The van der Waals surface area contributed by atoms with Gasteiger partial charge in [-0.25, -0.2) is 4.98 Å². The van der Waals surface area contributed by atoms with Gasteiger partial charge in [-0.3, -0.25) is 4.79 Å². The Morgan fingerprint density at radius 1 is 1.29 bits per heavy atom. The van der Waals surface area contributed by atoms with Crippen LogP contribution >= 0.6 is 11.6 Å². The van der Waals surface area contributed by atoms with Gasteiger partial charge < -0.3 is 10.4 Å². The summed E-state index contributed by atoms with van der Waals surface area (Å²) in [4.78, 5) is 16.1. The highest BCUT2D eigenvalue weighted by molar-refractivity contribution is 6.29. The van der Waals surface area contributed by atoms with Gasteiger partial charge in [0, 0.05) is 13.0 Å². The normalized spacial score (nSPS) is 12.0. The van der Waals surface area contributed by atoms with Crippen LogP contribution in [-0.4, -0.2) is 28.6 Å². The van der Waals surface area contributed by atoms with Crippen LogP contribution in [0, 0.1) is 6.92 Å². The van der Waals surface area contributed by atoms with Gasteiger partial charge in [-0.15, -0.1) is 0 Å². The number of hydrogen-bond donors (Lipinski definition) is 2. The molecule has 0 spiro atoms. The van der Waals surface area contributed by atoms with E-state index in [0.717, 1.165) is 5.56 Å². The minimum Gasteiger partial charge on any atom is -0.391 e. The van der Waals surface area contributed by atoms with E-state index in [9.17, 15) is 9.90 Å². The van der Waals surface area contributed by atoms with E-state index in [1.807, 2.05) is 30.3 Å². The topological polar surface area (TPSA) is 62.2 Å². The highest BCUT2D eigenvalue weighted by Crippen LogP contribution is 2.10. The molecule has 1 heterocycles. The quantitative estimate of drug-likeness (QED) is 0.834. The zero-order valence-electron chi connectivity index (χ0n) is 11.7. The number of rotatable bonds is 5. The minimum atomic E-state index is -0.628. The largest absolute Gasteiger partial charge is 0.391 e. The van der Waals surface area contributed by atoms with E-state index < -0.39 is 6.10 Å². The minimum absolute atomic E-state index is 0.190. The van der Waals surface area contributed by atoms with Gasteiger partial charge in [-0.1, -0.05) is 41.9 Å². The number of benzene rings is 1. The molecule has 0 aliphatic heterocycles. The number of pyridine rings is 1. The Labute approximate surface area is 128 Å². The van der Waals surface area contributed by atoms with E-state index in [2.05, 4.69) is 10.3 Å². The predicted molar refractivity (Wildman–Crippen MR) is 82.5 cm³/mol. The fourth-order valence-corrected chi connectivity index (χ4v) is 2.22. The Morgan fingerprint density at radius 2 is 2.00 bits per heavy atom. The first-order valence-electron chi connectivity index (χ1n) is 6.69. The van der Waals surface area contributed by atoms with E-state index in [0.29, 0.717) is 22.8 Å². The van der Waals surface area contributed by atoms with Crippen LogP contribution in [0.4, 0.5) is 0 Å². The summed E-state index contributed by atoms with van der Waals surface area (Å²) in [6, 6.07) is 12.9. The van der Waals surface area contributed by atoms with Crippen molar-refractivity contribution in [3.63, 3.8) is 0 Å². The lowest BCUT2D eigenvalue weighted by atomic mass is 10.1. The van der Waals surface area contributed by atoms with Gasteiger partial charge in [0.2, 0.25) is 0 Å². The molecule has 0 saturated carbocycles. The third kappa shape index (κ3) is 4.55. The Bertz CT molecular complexity index is 617. The summed E-state index contributed by atoms with van der Waals surface area (Å²) < 4.78 is 0. The maximum atomic E-state index is 12.0. The van der Waals surface area contributed by atoms with Crippen molar-refractivity contribution < 1.29 is 9.90 Å². The number of carbonyl (C=O) groups excluding carboxylic acids is 1. The Balaban J connectivity index is 1.89. The lowest BCUT2D eigenvalue weighted by molar-refractivity contribution is 0.0915. The van der Waals surface area contributed by atoms with E-state index in [-0.39, 0.29) is 12.5 Å². The lowest BCUT2D eigenvalue weighted by Crippen LogP contribution is -2.33. The summed E-state index contributed by atoms with van der Waals surface area (Å²) in [7, 11) is 0. The summed E-state index contributed by atoms with van der Waals surface area (Å²) in [6.07, 6.45) is -0.129. The van der Waals surface area contributed by atoms with Gasteiger partial charge >= 0.3 is 0 Å². The first kappa shape index (κ1) is 15.5. The molecule has 1 unspecified atom stereocenters. The summed E-state index contributed by atoms with van der Waals surface area (Å²) >= 11 is 5.76. The molecule has 1 aromatic heterocycles. The van der Waals surface area contributed by atoms with Crippen LogP contribution in [0.5, 0.6) is 0 Å². The van der Waals surface area contributed by atoms with Crippen molar-refractivity contribution in [2.45, 2.75) is 19.4 Å². The Kier molecular flexibility index (Phi) is 5.31. The molecule has 0 fully saturated rings. The number of nitrogens with zero attached hydrogens (tertiary/aromatic N) is 1. The summed E-state index contributed by atoms with van der Waals surface area (Å²) in [6.45, 7) is 1.91. The number of amides is 1. The molecule has 21 heavy (non-hydrogen) atoms. The maximum Gasteiger partial charge on any atom is 0.253 e. The van der Waals surface area contributed by atoms with Crippen LogP contribution in [0.3, 0.4) is 0 Å². The number of aryl methyl sites for hydroxylation is 1. The predicted octanol–water partition coefficient (Wildman–Crippen LogP) is 2.38. The van der Waals surface area contributed by atoms with E-state index in [1.165, 1.54) is 0 Å². The molecule has 0 saturated heterocycles. The van der Waals surface area contributed by atoms with Gasteiger partial charge in [0.15, 0.2) is 0 Å². The SMILES string of the molecule is Cc1nc(Cl)ccc1C(=O)NCC(O)Cc1ccccc1. The van der Waals surface area contributed by atoms with Crippen molar-refractivity contribution in [3.8, 4) is 0 Å². The molecule has 0 radical (unpaired) electrons. The number of carbonyl (C=O) groups is 1. The Morgan fingerprint density at radius 3 is 2.67 bits per heavy atom. The number of hydrogen-bond acceptors (Lipinski definition) is 3. The molecular weight excluding hydrogens is 288 g/mol. The average molecular weight is 305 g/mol. The molecule has 4 nitrogen and oxygen atoms in total. The van der Waals surface area contributed by atoms with Crippen molar-refractivity contribution in [2.24, 2.45) is 0 Å². The third-order valence-electron chi connectivity index (χ3n) is 3.11. The molecule has 2 rings (SSSR count). The molecule has 2 aromatic rings. The summed E-state index contributed by atoms with van der Waals surface area (Å²) in [5.74, 6) is -0.260. The van der Waals surface area contributed by atoms with E-state index in [1.54, 1.807) is 19.1 Å². The molecular formula is C16H17ClN2O2. The van der Waals surface area contributed by atoms with Crippen LogP contribution in [0.2, 0.25) is 5.15 Å². The third-order valence-corrected chi connectivity index (χ3v) is 3.32. The highest BCUT2D eigenvalue weighted by atomic mass is 35.5. The summed E-state index contributed by atoms with van der Waals surface area (Å²) in [5.41, 5.74) is 2.06. The second-order valence-corrected chi connectivity index (χ2v) is 5.21. The van der Waals surface area contributed by atoms with Gasteiger partial charge in [-0.2, -0.15) is 0 Å². The van der Waals surface area contributed by atoms with Crippen LogP contribution in [-0.2, 0) is 6.42 Å². The van der Waals surface area contributed by atoms with Gasteiger partial charge in [0.05, 0.1) is 17.4 Å². The number of aliphatic hydroxyl groups excluding tert-OH is 1. The molecule has 0 bridgehead atoms. The molecule has 1 aromatic carbocycles. The number of halogens is 1. The molecule has 5 heteroatoms. The van der Waals surface area contributed by atoms with E-state index in [4.69, 9.17) is 11.6 Å². The van der Waals surface area contributed by atoms with E-state index >= 15 is 0 Å². The molecule has 110 valence electrons. The standard InChI is InChI=1S/C16H17ClN2O2/c1-11-14(7-8-15(17)19-11)16(21)18-10-13(20)9-12-5-3-2-4-6-12/h2-8,13,20H,9-10H2,1H3,(H,18,21). The molecule has 0 aliphatic rings. The van der Waals surface area contributed by atoms with Gasteiger partial charge in [0.25, 0.3) is 5.91 Å². The van der Waals surface area contributed by atoms with Crippen molar-refractivity contribution in [1.82, 2.24) is 10.3 Å². The second kappa shape index (κ2) is 7.20. The first-order valence-corrected chi connectivity index (χ1v) is 7.07. The lowest BCUT2D eigenvalue weighted by Gasteiger charge is -2.12. The number of aromatic nitrogens is 1. The fourth-order valence-electron chi connectivity index (χ4n) is 2.03. The van der Waals surface area contributed by atoms with Crippen molar-refractivity contribution in [3.05, 3.63) is 64.4 Å². The van der Waals surface area contributed by atoms with Crippen LogP contribution in [0.1, 0.15) is 21.6 Å². The van der Waals surface area contributed by atoms with Crippen LogP contribution < -0.4 is 5.32 Å². The molecule has 1 atom stereocenters. The zero-order valence-corrected chi connectivity index (χ0v) is 12.5. The van der Waals surface area contributed by atoms with Gasteiger partial charge in [0.1, 0.15) is 5.15 Å². The molecule has 0 aliphatic carbocycles. The van der Waals surface area contributed by atoms with Crippen LogP contribution in [0.15, 0.2) is 42.5 Å². The monoisotopic (exact) mass is 304 g/mol. The van der Waals surface area contributed by atoms with Crippen molar-refractivity contribution in [2.75, 3.05) is 6.54 Å². The number of nitrogens with one attached hydrogen (secondary N) is 1. The van der Waals surface area contributed by atoms with Crippen LogP contribution in [0.25, 0.3) is 0 Å². The second-order valence-electron chi connectivity index (χ2n) is 4.82. The molecule has 1 amide bonds. The smallest absolute Gasteiger partial charge is 0.253 e. The highest BCUT2D eigenvalue weighted by Gasteiger charge is 2.12. The zero-order chi connectivity index (χ0) is 15.2. The first-order chi connectivity index (χ1) is 10.1. The Hall–Kier alpha value is -1.91. The summed E-state index contributed by atoms with van der Waals surface area (Å²) in [5, 5.41) is 13.0. The molecule has 2 N–H and O–H groups in total. The fraction of sp³-hybridized carbons (Fsp3) is 0.250.